The molecular formula is C24H24N4O3S2. The standard InChI is InChI=1S/C24H24N4O3S2/c1-31-13-5-12-28-23(30)21-16-6-2-10-19(16)33-22(21)27-24(28)32-14-20(29)26-18-9-3-8-17-15(18)7-4-11-25-17/h3-4,7-9,11H,2,5-6,10,12-14H2,1H3,(H,26,29). The second-order valence-corrected chi connectivity index (χ2v) is 9.97. The highest BCUT2D eigenvalue weighted by Crippen LogP contribution is 2.35. The first-order chi connectivity index (χ1) is 16.2. The zero-order valence-corrected chi connectivity index (χ0v) is 19.9. The lowest BCUT2D eigenvalue weighted by atomic mass is 10.2. The fraction of sp³-hybridized carbons (Fsp3) is 0.333. The van der Waals surface area contributed by atoms with E-state index in [9.17, 15) is 9.59 Å². The van der Waals surface area contributed by atoms with E-state index in [1.165, 1.54) is 22.2 Å². The van der Waals surface area contributed by atoms with Gasteiger partial charge in [0.1, 0.15) is 4.83 Å². The van der Waals surface area contributed by atoms with Crippen molar-refractivity contribution < 1.29 is 9.53 Å². The summed E-state index contributed by atoms with van der Waals surface area (Å²) < 4.78 is 6.89. The molecular weight excluding hydrogens is 456 g/mol. The number of methoxy groups -OCH3 is 1. The number of amides is 1. The van der Waals surface area contributed by atoms with Crippen molar-refractivity contribution in [1.82, 2.24) is 14.5 Å². The van der Waals surface area contributed by atoms with Gasteiger partial charge in [0.25, 0.3) is 5.56 Å². The van der Waals surface area contributed by atoms with Crippen molar-refractivity contribution in [2.75, 3.05) is 24.8 Å². The summed E-state index contributed by atoms with van der Waals surface area (Å²) in [6.45, 7) is 1.07. The minimum Gasteiger partial charge on any atom is -0.385 e. The largest absolute Gasteiger partial charge is 0.385 e. The number of fused-ring (bicyclic) bond motifs is 4. The van der Waals surface area contributed by atoms with Crippen molar-refractivity contribution in [2.45, 2.75) is 37.4 Å². The number of anilines is 1. The molecule has 1 amide bonds. The van der Waals surface area contributed by atoms with Crippen LogP contribution >= 0.6 is 23.1 Å². The van der Waals surface area contributed by atoms with Crippen molar-refractivity contribution in [3.05, 3.63) is 57.3 Å². The number of nitrogens with one attached hydrogen (secondary N) is 1. The molecule has 1 aromatic carbocycles. The Kier molecular flexibility index (Phi) is 6.43. The lowest BCUT2D eigenvalue weighted by Gasteiger charge is -2.13. The van der Waals surface area contributed by atoms with Crippen LogP contribution in [-0.2, 0) is 28.9 Å². The molecule has 0 radical (unpaired) electrons. The number of rotatable bonds is 8. The summed E-state index contributed by atoms with van der Waals surface area (Å²) >= 11 is 2.92. The van der Waals surface area contributed by atoms with Gasteiger partial charge in [-0.1, -0.05) is 17.8 Å². The first-order valence-corrected chi connectivity index (χ1v) is 12.8. The molecule has 0 fully saturated rings. The number of nitrogens with zero attached hydrogens (tertiary/aromatic N) is 3. The number of ether oxygens (including phenoxy) is 1. The summed E-state index contributed by atoms with van der Waals surface area (Å²) in [5.41, 5.74) is 2.72. The number of hydrogen-bond donors (Lipinski definition) is 1. The van der Waals surface area contributed by atoms with E-state index in [4.69, 9.17) is 9.72 Å². The quantitative estimate of drug-likeness (QED) is 0.230. The molecule has 3 aromatic heterocycles. The van der Waals surface area contributed by atoms with Gasteiger partial charge in [0.05, 0.1) is 22.3 Å². The van der Waals surface area contributed by atoms with Crippen LogP contribution in [0.25, 0.3) is 21.1 Å². The Morgan fingerprint density at radius 1 is 1.27 bits per heavy atom. The Bertz CT molecular complexity index is 1390. The first-order valence-electron chi connectivity index (χ1n) is 11.0. The second-order valence-electron chi connectivity index (χ2n) is 7.95. The van der Waals surface area contributed by atoms with Gasteiger partial charge >= 0.3 is 0 Å². The number of aryl methyl sites for hydroxylation is 2. The van der Waals surface area contributed by atoms with Gasteiger partial charge in [-0.05, 0) is 55.5 Å². The minimum atomic E-state index is -0.150. The molecule has 0 unspecified atom stereocenters. The van der Waals surface area contributed by atoms with Crippen molar-refractivity contribution in [3.63, 3.8) is 0 Å². The molecule has 9 heteroatoms. The fourth-order valence-corrected chi connectivity index (χ4v) is 6.39. The van der Waals surface area contributed by atoms with Gasteiger partial charge in [0.15, 0.2) is 5.16 Å². The Balaban J connectivity index is 1.40. The smallest absolute Gasteiger partial charge is 0.263 e. The molecule has 1 aliphatic rings. The maximum atomic E-state index is 13.4. The maximum absolute atomic E-state index is 13.4. The summed E-state index contributed by atoms with van der Waals surface area (Å²) in [6, 6.07) is 9.44. The average molecular weight is 481 g/mol. The van der Waals surface area contributed by atoms with Gasteiger partial charge in [-0.2, -0.15) is 0 Å². The summed E-state index contributed by atoms with van der Waals surface area (Å²) in [4.78, 5) is 37.4. The van der Waals surface area contributed by atoms with Crippen molar-refractivity contribution in [3.8, 4) is 0 Å². The molecule has 1 N–H and O–H groups in total. The third kappa shape index (κ3) is 4.40. The van der Waals surface area contributed by atoms with E-state index in [1.807, 2.05) is 30.3 Å². The normalized spacial score (nSPS) is 13.0. The first kappa shape index (κ1) is 22.1. The van der Waals surface area contributed by atoms with E-state index >= 15 is 0 Å². The Labute approximate surface area is 199 Å². The van der Waals surface area contributed by atoms with Crippen LogP contribution in [0.3, 0.4) is 0 Å². The van der Waals surface area contributed by atoms with E-state index in [2.05, 4.69) is 10.3 Å². The summed E-state index contributed by atoms with van der Waals surface area (Å²) in [6.07, 6.45) is 5.50. The maximum Gasteiger partial charge on any atom is 0.263 e. The van der Waals surface area contributed by atoms with E-state index in [0.717, 1.165) is 46.1 Å². The third-order valence-corrected chi connectivity index (χ3v) is 7.93. The minimum absolute atomic E-state index is 0.00135. The second kappa shape index (κ2) is 9.62. The molecule has 4 aromatic rings. The van der Waals surface area contributed by atoms with Gasteiger partial charge in [0, 0.05) is 36.7 Å². The third-order valence-electron chi connectivity index (χ3n) is 5.77. The van der Waals surface area contributed by atoms with Crippen LogP contribution in [0.5, 0.6) is 0 Å². The number of pyridine rings is 1. The molecule has 0 spiro atoms. The number of hydrogen-bond acceptors (Lipinski definition) is 7. The molecule has 7 nitrogen and oxygen atoms in total. The summed E-state index contributed by atoms with van der Waals surface area (Å²) in [7, 11) is 1.65. The summed E-state index contributed by atoms with van der Waals surface area (Å²) in [5, 5.41) is 5.22. The summed E-state index contributed by atoms with van der Waals surface area (Å²) in [5.74, 6) is 0.00654. The molecule has 0 saturated carbocycles. The van der Waals surface area contributed by atoms with Crippen LogP contribution in [0, 0.1) is 0 Å². The topological polar surface area (TPSA) is 86.1 Å². The molecule has 0 saturated heterocycles. The van der Waals surface area contributed by atoms with Crippen LogP contribution in [0.2, 0.25) is 0 Å². The molecule has 170 valence electrons. The number of carbonyl (C=O) groups is 1. The molecule has 33 heavy (non-hydrogen) atoms. The van der Waals surface area contributed by atoms with E-state index in [0.29, 0.717) is 24.7 Å². The van der Waals surface area contributed by atoms with Gasteiger partial charge in [-0.15, -0.1) is 11.3 Å². The lowest BCUT2D eigenvalue weighted by molar-refractivity contribution is -0.113. The highest BCUT2D eigenvalue weighted by atomic mass is 32.2. The predicted molar refractivity (Wildman–Crippen MR) is 133 cm³/mol. The molecule has 3 heterocycles. The number of thioether (sulfide) groups is 1. The Morgan fingerprint density at radius 2 is 2.18 bits per heavy atom. The van der Waals surface area contributed by atoms with Gasteiger partial charge < -0.3 is 10.1 Å². The zero-order chi connectivity index (χ0) is 22.8. The van der Waals surface area contributed by atoms with Crippen LogP contribution in [0.15, 0.2) is 46.5 Å². The molecule has 0 atom stereocenters. The Morgan fingerprint density at radius 3 is 3.06 bits per heavy atom. The molecule has 5 rings (SSSR count). The van der Waals surface area contributed by atoms with Crippen molar-refractivity contribution in [1.29, 1.82) is 0 Å². The van der Waals surface area contributed by atoms with E-state index < -0.39 is 0 Å². The van der Waals surface area contributed by atoms with E-state index in [1.54, 1.807) is 29.2 Å². The van der Waals surface area contributed by atoms with Gasteiger partial charge in [0.2, 0.25) is 5.91 Å². The van der Waals surface area contributed by atoms with Crippen LogP contribution in [0.1, 0.15) is 23.3 Å². The average Bonchev–Trinajstić information content (AvgIpc) is 3.41. The lowest BCUT2D eigenvalue weighted by Crippen LogP contribution is -2.25. The molecule has 0 bridgehead atoms. The van der Waals surface area contributed by atoms with Crippen molar-refractivity contribution in [2.24, 2.45) is 0 Å². The number of benzene rings is 1. The SMILES string of the molecule is COCCCn1c(SCC(=O)Nc2cccc3ncccc23)nc2sc3c(c2c1=O)CCC3. The Hall–Kier alpha value is -2.75. The van der Waals surface area contributed by atoms with Crippen molar-refractivity contribution >= 4 is 55.8 Å². The molecule has 0 aliphatic heterocycles. The predicted octanol–water partition coefficient (Wildman–Crippen LogP) is 4.26. The number of carbonyl (C=O) groups excluding carboxylic acids is 1. The fourth-order valence-electron chi connectivity index (χ4n) is 4.26. The highest BCUT2D eigenvalue weighted by Gasteiger charge is 2.23. The van der Waals surface area contributed by atoms with Crippen LogP contribution in [-0.4, -0.2) is 39.9 Å². The van der Waals surface area contributed by atoms with Gasteiger partial charge in [-0.3, -0.25) is 19.1 Å². The number of aromatic nitrogens is 3. The van der Waals surface area contributed by atoms with Gasteiger partial charge in [-0.25, -0.2) is 4.98 Å². The number of thiophene rings is 1. The van der Waals surface area contributed by atoms with Crippen LogP contribution in [0.4, 0.5) is 5.69 Å². The monoisotopic (exact) mass is 480 g/mol. The van der Waals surface area contributed by atoms with E-state index in [-0.39, 0.29) is 17.2 Å². The highest BCUT2D eigenvalue weighted by molar-refractivity contribution is 7.99. The van der Waals surface area contributed by atoms with Crippen LogP contribution < -0.4 is 10.9 Å². The zero-order valence-electron chi connectivity index (χ0n) is 18.3. The molecule has 1 aliphatic carbocycles.